The van der Waals surface area contributed by atoms with E-state index < -0.39 is 0 Å². The van der Waals surface area contributed by atoms with Gasteiger partial charge >= 0.3 is 0 Å². The second kappa shape index (κ2) is 4.24. The lowest BCUT2D eigenvalue weighted by Crippen LogP contribution is -2.12. The van der Waals surface area contributed by atoms with Gasteiger partial charge in [0.1, 0.15) is 5.82 Å². The average molecular weight is 255 g/mol. The van der Waals surface area contributed by atoms with Crippen molar-refractivity contribution in [3.8, 4) is 0 Å². The number of rotatable bonds is 2. The number of para-hydroxylation sites is 1. The standard InChI is InChI=1S/C13H13N5O/c1-8-14-13(17-16-8)15-12(19)10-7-18(2)11-6-4-3-5-9(10)11/h3-7H,1-2H3,(H2,14,15,16,17,19). The molecule has 0 saturated carbocycles. The number of aromatic nitrogens is 4. The molecule has 6 nitrogen and oxygen atoms in total. The fourth-order valence-electron chi connectivity index (χ4n) is 2.09. The summed E-state index contributed by atoms with van der Waals surface area (Å²) in [5.41, 5.74) is 1.62. The van der Waals surface area contributed by atoms with E-state index in [9.17, 15) is 4.79 Å². The van der Waals surface area contributed by atoms with E-state index in [0.29, 0.717) is 11.4 Å². The van der Waals surface area contributed by atoms with E-state index in [1.54, 1.807) is 13.1 Å². The number of hydrogen-bond donors (Lipinski definition) is 2. The summed E-state index contributed by atoms with van der Waals surface area (Å²) < 4.78 is 1.92. The van der Waals surface area contributed by atoms with Crippen LogP contribution >= 0.6 is 0 Å². The van der Waals surface area contributed by atoms with E-state index in [-0.39, 0.29) is 11.9 Å². The van der Waals surface area contributed by atoms with E-state index in [2.05, 4.69) is 20.5 Å². The molecule has 0 unspecified atom stereocenters. The Labute approximate surface area is 109 Å². The molecule has 0 aliphatic heterocycles. The van der Waals surface area contributed by atoms with E-state index >= 15 is 0 Å². The molecule has 0 bridgehead atoms. The van der Waals surface area contributed by atoms with E-state index in [0.717, 1.165) is 10.9 Å². The number of nitrogens with one attached hydrogen (secondary N) is 2. The fraction of sp³-hybridized carbons (Fsp3) is 0.154. The Hall–Kier alpha value is -2.63. The summed E-state index contributed by atoms with van der Waals surface area (Å²) in [7, 11) is 1.91. The number of aryl methyl sites for hydroxylation is 2. The second-order valence-corrected chi connectivity index (χ2v) is 4.37. The Morgan fingerprint density at radius 1 is 1.37 bits per heavy atom. The van der Waals surface area contributed by atoms with Crippen LogP contribution in [0.1, 0.15) is 16.2 Å². The van der Waals surface area contributed by atoms with Gasteiger partial charge in [0.15, 0.2) is 0 Å². The largest absolute Gasteiger partial charge is 0.350 e. The molecule has 0 radical (unpaired) electrons. The van der Waals surface area contributed by atoms with Crippen molar-refractivity contribution < 1.29 is 4.79 Å². The maximum atomic E-state index is 12.2. The molecule has 6 heteroatoms. The molecule has 3 rings (SSSR count). The minimum absolute atomic E-state index is 0.212. The normalized spacial score (nSPS) is 10.8. The lowest BCUT2D eigenvalue weighted by Gasteiger charge is -1.98. The molecule has 0 saturated heterocycles. The van der Waals surface area contributed by atoms with E-state index in [1.165, 1.54) is 0 Å². The van der Waals surface area contributed by atoms with Gasteiger partial charge in [-0.1, -0.05) is 18.2 Å². The Morgan fingerprint density at radius 2 is 2.16 bits per heavy atom. The number of carbonyl (C=O) groups is 1. The first-order valence-electron chi connectivity index (χ1n) is 5.89. The Morgan fingerprint density at radius 3 is 2.89 bits per heavy atom. The molecule has 0 atom stereocenters. The van der Waals surface area contributed by atoms with Crippen LogP contribution in [0, 0.1) is 6.92 Å². The molecule has 2 heterocycles. The molecule has 2 aromatic heterocycles. The maximum Gasteiger partial charge on any atom is 0.260 e. The van der Waals surface area contributed by atoms with Crippen LogP contribution in [0.3, 0.4) is 0 Å². The summed E-state index contributed by atoms with van der Waals surface area (Å²) in [6.45, 7) is 1.78. The lowest BCUT2D eigenvalue weighted by molar-refractivity contribution is 0.102. The van der Waals surface area contributed by atoms with Gasteiger partial charge in [-0.15, -0.1) is 5.10 Å². The molecular formula is C13H13N5O. The van der Waals surface area contributed by atoms with Crippen molar-refractivity contribution in [2.75, 3.05) is 5.32 Å². The predicted molar refractivity (Wildman–Crippen MR) is 72.0 cm³/mol. The molecular weight excluding hydrogens is 242 g/mol. The smallest absolute Gasteiger partial charge is 0.260 e. The number of aromatic amines is 1. The van der Waals surface area contributed by atoms with Gasteiger partial charge in [-0.25, -0.2) is 0 Å². The molecule has 1 amide bonds. The highest BCUT2D eigenvalue weighted by Gasteiger charge is 2.15. The van der Waals surface area contributed by atoms with Crippen molar-refractivity contribution in [3.05, 3.63) is 41.9 Å². The maximum absolute atomic E-state index is 12.2. The highest BCUT2D eigenvalue weighted by atomic mass is 16.1. The number of benzene rings is 1. The summed E-state index contributed by atoms with van der Waals surface area (Å²) in [5, 5.41) is 10.2. The number of amides is 1. The molecule has 0 spiro atoms. The first kappa shape index (κ1) is 11.5. The van der Waals surface area contributed by atoms with E-state index in [4.69, 9.17) is 0 Å². The van der Waals surface area contributed by atoms with Crippen molar-refractivity contribution in [1.82, 2.24) is 19.7 Å². The number of carbonyl (C=O) groups excluding carboxylic acids is 1. The Balaban J connectivity index is 1.98. The van der Waals surface area contributed by atoms with Crippen LogP contribution < -0.4 is 5.32 Å². The molecule has 3 aromatic rings. The van der Waals surface area contributed by atoms with Crippen molar-refractivity contribution in [3.63, 3.8) is 0 Å². The van der Waals surface area contributed by atoms with Gasteiger partial charge in [-0.05, 0) is 13.0 Å². The SMILES string of the molecule is Cc1nc(NC(=O)c2cn(C)c3ccccc23)n[nH]1. The zero-order valence-corrected chi connectivity index (χ0v) is 10.6. The highest BCUT2D eigenvalue weighted by Crippen LogP contribution is 2.20. The molecule has 1 aromatic carbocycles. The van der Waals surface area contributed by atoms with E-state index in [1.807, 2.05) is 35.9 Å². The van der Waals surface area contributed by atoms with Crippen LogP contribution in [-0.4, -0.2) is 25.7 Å². The summed E-state index contributed by atoms with van der Waals surface area (Å²) in [6, 6.07) is 7.76. The Kier molecular flexibility index (Phi) is 2.56. The average Bonchev–Trinajstić information content (AvgIpc) is 2.95. The molecule has 0 aliphatic rings. The van der Waals surface area contributed by atoms with Crippen LogP contribution in [0.25, 0.3) is 10.9 Å². The predicted octanol–water partition coefficient (Wildman–Crippen LogP) is 1.86. The van der Waals surface area contributed by atoms with Gasteiger partial charge in [-0.2, -0.15) is 4.98 Å². The second-order valence-electron chi connectivity index (χ2n) is 4.37. The molecule has 0 fully saturated rings. The minimum Gasteiger partial charge on any atom is -0.350 e. The number of nitrogens with zero attached hydrogens (tertiary/aromatic N) is 3. The van der Waals surface area contributed by atoms with Gasteiger partial charge in [0, 0.05) is 24.1 Å². The quantitative estimate of drug-likeness (QED) is 0.733. The van der Waals surface area contributed by atoms with Crippen LogP contribution in [0.4, 0.5) is 5.95 Å². The summed E-state index contributed by atoms with van der Waals surface area (Å²) in [5.74, 6) is 0.736. The monoisotopic (exact) mass is 255 g/mol. The summed E-state index contributed by atoms with van der Waals surface area (Å²) in [4.78, 5) is 16.3. The molecule has 2 N–H and O–H groups in total. The van der Waals surface area contributed by atoms with Gasteiger partial charge in [0.25, 0.3) is 5.91 Å². The zero-order valence-electron chi connectivity index (χ0n) is 10.6. The molecule has 96 valence electrons. The third-order valence-electron chi connectivity index (χ3n) is 2.96. The van der Waals surface area contributed by atoms with Crippen LogP contribution in [0.2, 0.25) is 0 Å². The topological polar surface area (TPSA) is 75.6 Å². The number of anilines is 1. The van der Waals surface area contributed by atoms with Crippen LogP contribution in [-0.2, 0) is 7.05 Å². The third-order valence-corrected chi connectivity index (χ3v) is 2.96. The van der Waals surface area contributed by atoms with Gasteiger partial charge in [0.05, 0.1) is 5.56 Å². The fourth-order valence-corrected chi connectivity index (χ4v) is 2.09. The van der Waals surface area contributed by atoms with Gasteiger partial charge in [0.2, 0.25) is 5.95 Å². The van der Waals surface area contributed by atoms with Crippen molar-refractivity contribution >= 4 is 22.8 Å². The first-order chi connectivity index (χ1) is 9.15. The highest BCUT2D eigenvalue weighted by molar-refractivity contribution is 6.12. The Bertz CT molecular complexity index is 755. The number of hydrogen-bond acceptors (Lipinski definition) is 3. The number of fused-ring (bicyclic) bond motifs is 1. The third kappa shape index (κ3) is 1.97. The first-order valence-corrected chi connectivity index (χ1v) is 5.89. The minimum atomic E-state index is -0.212. The van der Waals surface area contributed by atoms with Crippen molar-refractivity contribution in [1.29, 1.82) is 0 Å². The lowest BCUT2D eigenvalue weighted by atomic mass is 10.1. The summed E-state index contributed by atoms with van der Waals surface area (Å²) >= 11 is 0. The molecule has 19 heavy (non-hydrogen) atoms. The zero-order chi connectivity index (χ0) is 13.4. The van der Waals surface area contributed by atoms with Crippen molar-refractivity contribution in [2.45, 2.75) is 6.92 Å². The van der Waals surface area contributed by atoms with Crippen LogP contribution in [0.15, 0.2) is 30.5 Å². The molecule has 0 aliphatic carbocycles. The van der Waals surface area contributed by atoms with Crippen molar-refractivity contribution in [2.24, 2.45) is 7.05 Å². The van der Waals surface area contributed by atoms with Crippen LogP contribution in [0.5, 0.6) is 0 Å². The van der Waals surface area contributed by atoms with Gasteiger partial charge in [-0.3, -0.25) is 15.2 Å². The number of H-pyrrole nitrogens is 1. The summed E-state index contributed by atoms with van der Waals surface area (Å²) in [6.07, 6.45) is 1.81. The van der Waals surface area contributed by atoms with Gasteiger partial charge < -0.3 is 4.57 Å².